The number of rotatable bonds is 2. The Morgan fingerprint density at radius 1 is 1.05 bits per heavy atom. The molecular formula is C14H12Cl3NO3S. The van der Waals surface area contributed by atoms with Crippen molar-refractivity contribution in [3.8, 4) is 0 Å². The average Bonchev–Trinajstić information content (AvgIpc) is 2.44. The van der Waals surface area contributed by atoms with Crippen LogP contribution >= 0.6 is 34.8 Å². The monoisotopic (exact) mass is 379 g/mol. The van der Waals surface area contributed by atoms with Crippen LogP contribution in [0.2, 0.25) is 0 Å². The first-order chi connectivity index (χ1) is 10.00. The van der Waals surface area contributed by atoms with Crippen LogP contribution in [0, 0.1) is 0 Å². The van der Waals surface area contributed by atoms with Crippen LogP contribution in [-0.4, -0.2) is 29.7 Å². The van der Waals surface area contributed by atoms with Crippen LogP contribution in [0.25, 0.3) is 0 Å². The molecular weight excluding hydrogens is 369 g/mol. The van der Waals surface area contributed by atoms with E-state index in [1.54, 1.807) is 18.2 Å². The maximum atomic E-state index is 12.3. The molecule has 0 bridgehead atoms. The molecule has 0 aliphatic heterocycles. The van der Waals surface area contributed by atoms with Gasteiger partial charge in [0.05, 0.1) is 15.6 Å². The van der Waals surface area contributed by atoms with Gasteiger partial charge in [0.15, 0.2) is 5.78 Å². The van der Waals surface area contributed by atoms with E-state index in [0.717, 1.165) is 6.08 Å². The summed E-state index contributed by atoms with van der Waals surface area (Å²) in [7, 11) is -3.99. The average molecular weight is 381 g/mol. The minimum atomic E-state index is -3.99. The lowest BCUT2D eigenvalue weighted by molar-refractivity contribution is -0.117. The molecule has 1 aliphatic rings. The van der Waals surface area contributed by atoms with Gasteiger partial charge in [-0.1, -0.05) is 29.8 Å². The number of allylic oxidation sites excluding steroid dienone is 2. The summed E-state index contributed by atoms with van der Waals surface area (Å²) in [5, 5.41) is -0.211. The summed E-state index contributed by atoms with van der Waals surface area (Å²) >= 11 is 18.4. The highest BCUT2D eigenvalue weighted by atomic mass is 35.5. The van der Waals surface area contributed by atoms with Crippen molar-refractivity contribution in [1.29, 1.82) is 0 Å². The van der Waals surface area contributed by atoms with Gasteiger partial charge in [0.25, 0.3) is 10.0 Å². The number of ketones is 1. The highest BCUT2D eigenvalue weighted by Crippen LogP contribution is 2.43. The van der Waals surface area contributed by atoms with Gasteiger partial charge in [-0.3, -0.25) is 4.79 Å². The first kappa shape index (κ1) is 17.5. The van der Waals surface area contributed by atoms with Crippen molar-refractivity contribution in [2.24, 2.45) is 4.40 Å². The molecule has 4 nitrogen and oxygen atoms in total. The largest absolute Gasteiger partial charge is 0.291 e. The third-order valence-corrected chi connectivity index (χ3v) is 6.33. The van der Waals surface area contributed by atoms with E-state index in [4.69, 9.17) is 34.8 Å². The van der Waals surface area contributed by atoms with E-state index in [9.17, 15) is 13.2 Å². The Balaban J connectivity index is 2.63. The third-order valence-electron chi connectivity index (χ3n) is 3.53. The van der Waals surface area contributed by atoms with E-state index in [0.29, 0.717) is 0 Å². The Morgan fingerprint density at radius 3 is 2.14 bits per heavy atom. The summed E-state index contributed by atoms with van der Waals surface area (Å²) in [6.45, 7) is 2.81. The summed E-state index contributed by atoms with van der Waals surface area (Å²) in [6.07, 6.45) is 1.14. The maximum absolute atomic E-state index is 12.3. The maximum Gasteiger partial charge on any atom is 0.282 e. The Hall–Kier alpha value is -0.880. The van der Waals surface area contributed by atoms with E-state index in [1.165, 1.54) is 26.0 Å². The second-order valence-electron chi connectivity index (χ2n) is 5.09. The lowest BCUT2D eigenvalue weighted by atomic mass is 9.81. The number of sulfonamides is 1. The summed E-state index contributed by atoms with van der Waals surface area (Å²) in [5.74, 6) is -0.579. The highest BCUT2D eigenvalue weighted by Gasteiger charge is 2.54. The number of alkyl halides is 2. The van der Waals surface area contributed by atoms with Gasteiger partial charge in [0, 0.05) is 0 Å². The molecule has 1 aromatic rings. The van der Waals surface area contributed by atoms with Crippen molar-refractivity contribution >= 4 is 56.3 Å². The van der Waals surface area contributed by atoms with Gasteiger partial charge in [-0.2, -0.15) is 12.8 Å². The van der Waals surface area contributed by atoms with Crippen LogP contribution < -0.4 is 0 Å². The lowest BCUT2D eigenvalue weighted by Crippen LogP contribution is -2.55. The molecule has 1 aliphatic carbocycles. The van der Waals surface area contributed by atoms with Crippen LogP contribution in [0.15, 0.2) is 50.7 Å². The van der Waals surface area contributed by atoms with Crippen LogP contribution in [0.5, 0.6) is 0 Å². The summed E-state index contributed by atoms with van der Waals surface area (Å²) in [5.41, 5.74) is -0.0832. The Morgan fingerprint density at radius 2 is 1.59 bits per heavy atom. The smallest absolute Gasteiger partial charge is 0.282 e. The van der Waals surface area contributed by atoms with Gasteiger partial charge in [-0.25, -0.2) is 0 Å². The fourth-order valence-corrected chi connectivity index (χ4v) is 3.76. The molecule has 2 unspecified atom stereocenters. The molecule has 0 saturated heterocycles. The molecule has 2 rings (SSSR count). The number of nitrogens with zero attached hydrogens (tertiary/aromatic N) is 1. The Kier molecular flexibility index (Phi) is 4.48. The SMILES string of the molecule is CC1(Cl)C(=O)C(Cl)=C/C(=N/S(=O)(=O)c2ccccc2)C1(C)Cl. The van der Waals surface area contributed by atoms with Gasteiger partial charge in [0.1, 0.15) is 9.75 Å². The molecule has 22 heavy (non-hydrogen) atoms. The van der Waals surface area contributed by atoms with Crippen LogP contribution in [0.4, 0.5) is 0 Å². The predicted molar refractivity (Wildman–Crippen MR) is 88.5 cm³/mol. The minimum absolute atomic E-state index is 0.00710. The van der Waals surface area contributed by atoms with Crippen molar-refractivity contribution in [2.45, 2.75) is 28.5 Å². The van der Waals surface area contributed by atoms with Gasteiger partial charge in [-0.05, 0) is 32.1 Å². The quantitative estimate of drug-likeness (QED) is 0.737. The first-order valence-electron chi connectivity index (χ1n) is 6.20. The first-order valence-corrected chi connectivity index (χ1v) is 8.78. The normalized spacial score (nSPS) is 31.2. The minimum Gasteiger partial charge on any atom is -0.291 e. The van der Waals surface area contributed by atoms with Gasteiger partial charge in [0.2, 0.25) is 0 Å². The van der Waals surface area contributed by atoms with Gasteiger partial charge in [-0.15, -0.1) is 23.2 Å². The topological polar surface area (TPSA) is 63.6 Å². The zero-order valence-electron chi connectivity index (χ0n) is 11.7. The number of carbonyl (C=O) groups is 1. The zero-order valence-corrected chi connectivity index (χ0v) is 14.8. The Bertz CT molecular complexity index is 781. The molecule has 2 atom stereocenters. The third kappa shape index (κ3) is 2.83. The summed E-state index contributed by atoms with van der Waals surface area (Å²) < 4.78 is 28.4. The van der Waals surface area contributed by atoms with E-state index in [-0.39, 0.29) is 15.6 Å². The molecule has 118 valence electrons. The molecule has 0 amide bonds. The zero-order chi connectivity index (χ0) is 16.8. The van der Waals surface area contributed by atoms with Crippen LogP contribution in [0.1, 0.15) is 13.8 Å². The van der Waals surface area contributed by atoms with Gasteiger partial charge >= 0.3 is 0 Å². The van der Waals surface area contributed by atoms with Crippen molar-refractivity contribution in [1.82, 2.24) is 0 Å². The van der Waals surface area contributed by atoms with Crippen LogP contribution in [0.3, 0.4) is 0 Å². The van der Waals surface area contributed by atoms with Gasteiger partial charge < -0.3 is 0 Å². The Labute approximate surface area is 143 Å². The number of benzene rings is 1. The van der Waals surface area contributed by atoms with E-state index in [2.05, 4.69) is 4.40 Å². The lowest BCUT2D eigenvalue weighted by Gasteiger charge is -2.38. The molecule has 8 heteroatoms. The number of hydrogen-bond acceptors (Lipinski definition) is 3. The van der Waals surface area contributed by atoms with Crippen molar-refractivity contribution < 1.29 is 13.2 Å². The van der Waals surface area contributed by atoms with Crippen LogP contribution in [-0.2, 0) is 14.8 Å². The second-order valence-corrected chi connectivity index (χ2v) is 8.62. The van der Waals surface area contributed by atoms with E-state index >= 15 is 0 Å². The molecule has 0 radical (unpaired) electrons. The van der Waals surface area contributed by atoms with Crippen molar-refractivity contribution in [2.75, 3.05) is 0 Å². The molecule has 0 aromatic heterocycles. The molecule has 0 fully saturated rings. The standard InChI is InChI=1S/C14H12Cl3NO3S/c1-13(16)11(8-10(15)12(19)14(13,2)17)18-22(20,21)9-6-4-3-5-7-9/h3-8H,1-2H3/b18-11-. The summed E-state index contributed by atoms with van der Waals surface area (Å²) in [6, 6.07) is 7.65. The summed E-state index contributed by atoms with van der Waals surface area (Å²) in [4.78, 5) is 8.90. The molecule has 1 aromatic carbocycles. The number of carbonyl (C=O) groups excluding carboxylic acids is 1. The number of Topliss-reactive ketones (excluding diaryl/α,β-unsaturated/α-hetero) is 1. The molecule has 0 N–H and O–H groups in total. The second kappa shape index (κ2) is 5.64. The van der Waals surface area contributed by atoms with E-state index < -0.39 is 25.6 Å². The number of halogens is 3. The highest BCUT2D eigenvalue weighted by molar-refractivity contribution is 7.90. The van der Waals surface area contributed by atoms with E-state index in [1.807, 2.05) is 0 Å². The van der Waals surface area contributed by atoms with Crippen molar-refractivity contribution in [3.05, 3.63) is 41.4 Å². The predicted octanol–water partition coefficient (Wildman–Crippen LogP) is 3.52. The van der Waals surface area contributed by atoms with Crippen molar-refractivity contribution in [3.63, 3.8) is 0 Å². The fourth-order valence-electron chi connectivity index (χ4n) is 1.89. The molecule has 0 spiro atoms. The fraction of sp³-hybridized carbons (Fsp3) is 0.286. The molecule has 0 saturated carbocycles. The molecule has 0 heterocycles. The number of hydrogen-bond donors (Lipinski definition) is 0.